The van der Waals surface area contributed by atoms with Gasteiger partial charge in [0.25, 0.3) is 0 Å². The predicted octanol–water partition coefficient (Wildman–Crippen LogP) is 5.54. The number of anilines is 1. The van der Waals surface area contributed by atoms with Gasteiger partial charge in [0.2, 0.25) is 0 Å². The average Bonchev–Trinajstić information content (AvgIpc) is 3.23. The molecule has 0 bridgehead atoms. The Morgan fingerprint density at radius 2 is 1.48 bits per heavy atom. The molecule has 0 radical (unpaired) electrons. The summed E-state index contributed by atoms with van der Waals surface area (Å²) < 4.78 is 0. The lowest BCUT2D eigenvalue weighted by Crippen LogP contribution is -2.42. The van der Waals surface area contributed by atoms with Crippen LogP contribution in [0.1, 0.15) is 56.7 Å². The van der Waals surface area contributed by atoms with Gasteiger partial charge in [-0.25, -0.2) is 0 Å². The second-order valence-corrected chi connectivity index (χ2v) is 7.81. The standard InChI is InChI=1S/C23H30N2/c1-17-11-7-10-16-22(17)24-18(2)23(20-12-5-4-6-13-20)25(19(24)3)21-14-8-9-15-21/h4-7,10-13,16,18-19,21,23H,8-9,14-15H2,1-3H3/t18-,19?,23?/m0/s1. The summed E-state index contributed by atoms with van der Waals surface area (Å²) in [6, 6.07) is 21.7. The van der Waals surface area contributed by atoms with Gasteiger partial charge in [-0.2, -0.15) is 0 Å². The fourth-order valence-corrected chi connectivity index (χ4v) is 5.23. The molecule has 1 heterocycles. The predicted molar refractivity (Wildman–Crippen MR) is 106 cm³/mol. The minimum Gasteiger partial charge on any atom is -0.351 e. The molecule has 25 heavy (non-hydrogen) atoms. The van der Waals surface area contributed by atoms with Gasteiger partial charge in [0, 0.05) is 17.8 Å². The molecule has 1 saturated heterocycles. The number of nitrogens with zero attached hydrogens (tertiary/aromatic N) is 2. The molecule has 2 aromatic rings. The number of rotatable bonds is 3. The highest BCUT2D eigenvalue weighted by Gasteiger charge is 2.46. The summed E-state index contributed by atoms with van der Waals surface area (Å²) in [6.45, 7) is 7.06. The van der Waals surface area contributed by atoms with Crippen LogP contribution >= 0.6 is 0 Å². The zero-order chi connectivity index (χ0) is 17.4. The van der Waals surface area contributed by atoms with Crippen molar-refractivity contribution in [2.45, 2.75) is 70.7 Å². The highest BCUT2D eigenvalue weighted by atomic mass is 15.5. The first-order valence-electron chi connectivity index (χ1n) is 9.85. The molecule has 2 unspecified atom stereocenters. The maximum absolute atomic E-state index is 2.82. The van der Waals surface area contributed by atoms with Crippen molar-refractivity contribution in [1.82, 2.24) is 4.90 Å². The third kappa shape index (κ3) is 2.87. The number of para-hydroxylation sites is 1. The lowest BCUT2D eigenvalue weighted by atomic mass is 9.98. The van der Waals surface area contributed by atoms with E-state index in [2.05, 4.69) is 85.2 Å². The molecule has 2 aromatic carbocycles. The third-order valence-electron chi connectivity index (χ3n) is 6.33. The molecule has 0 aromatic heterocycles. The lowest BCUT2D eigenvalue weighted by molar-refractivity contribution is 0.136. The number of hydrogen-bond donors (Lipinski definition) is 0. The number of benzene rings is 2. The van der Waals surface area contributed by atoms with Crippen molar-refractivity contribution in [2.24, 2.45) is 0 Å². The molecule has 0 N–H and O–H groups in total. The van der Waals surface area contributed by atoms with E-state index in [4.69, 9.17) is 0 Å². The minimum atomic E-state index is 0.435. The van der Waals surface area contributed by atoms with E-state index in [0.717, 1.165) is 6.04 Å². The molecule has 2 heteroatoms. The summed E-state index contributed by atoms with van der Waals surface area (Å²) >= 11 is 0. The van der Waals surface area contributed by atoms with E-state index in [1.54, 1.807) is 0 Å². The molecule has 2 fully saturated rings. The largest absolute Gasteiger partial charge is 0.351 e. The first kappa shape index (κ1) is 16.7. The quantitative estimate of drug-likeness (QED) is 0.727. The smallest absolute Gasteiger partial charge is 0.0804 e. The van der Waals surface area contributed by atoms with Crippen LogP contribution in [0.3, 0.4) is 0 Å². The van der Waals surface area contributed by atoms with Crippen LogP contribution in [-0.4, -0.2) is 23.1 Å². The summed E-state index contributed by atoms with van der Waals surface area (Å²) in [7, 11) is 0. The van der Waals surface area contributed by atoms with E-state index in [1.165, 1.54) is 42.5 Å². The van der Waals surface area contributed by atoms with Gasteiger partial charge in [-0.1, -0.05) is 61.4 Å². The van der Waals surface area contributed by atoms with Gasteiger partial charge in [-0.3, -0.25) is 4.90 Å². The molecule has 4 rings (SSSR count). The second-order valence-electron chi connectivity index (χ2n) is 7.81. The highest BCUT2D eigenvalue weighted by Crippen LogP contribution is 2.45. The van der Waals surface area contributed by atoms with Crippen molar-refractivity contribution >= 4 is 5.69 Å². The van der Waals surface area contributed by atoms with E-state index in [-0.39, 0.29) is 0 Å². The zero-order valence-electron chi connectivity index (χ0n) is 15.7. The van der Waals surface area contributed by atoms with Crippen molar-refractivity contribution < 1.29 is 0 Å². The van der Waals surface area contributed by atoms with Crippen molar-refractivity contribution in [3.8, 4) is 0 Å². The molecule has 132 valence electrons. The van der Waals surface area contributed by atoms with E-state index in [9.17, 15) is 0 Å². The first-order valence-corrected chi connectivity index (χ1v) is 9.85. The second kappa shape index (κ2) is 6.84. The van der Waals surface area contributed by atoms with Crippen LogP contribution < -0.4 is 4.90 Å². The highest BCUT2D eigenvalue weighted by molar-refractivity contribution is 5.56. The van der Waals surface area contributed by atoms with E-state index >= 15 is 0 Å². The zero-order valence-corrected chi connectivity index (χ0v) is 15.7. The summed E-state index contributed by atoms with van der Waals surface area (Å²) in [5, 5.41) is 0. The van der Waals surface area contributed by atoms with Crippen LogP contribution in [0.15, 0.2) is 54.6 Å². The molecular weight excluding hydrogens is 304 g/mol. The Morgan fingerprint density at radius 1 is 0.840 bits per heavy atom. The summed E-state index contributed by atoms with van der Waals surface area (Å²) in [4.78, 5) is 5.48. The lowest BCUT2D eigenvalue weighted by Gasteiger charge is -2.35. The van der Waals surface area contributed by atoms with Crippen LogP contribution in [0.2, 0.25) is 0 Å². The van der Waals surface area contributed by atoms with Gasteiger partial charge >= 0.3 is 0 Å². The van der Waals surface area contributed by atoms with Crippen molar-refractivity contribution in [3.63, 3.8) is 0 Å². The normalized spacial score (nSPS) is 28.0. The van der Waals surface area contributed by atoms with Gasteiger partial charge < -0.3 is 4.90 Å². The topological polar surface area (TPSA) is 6.48 Å². The maximum atomic E-state index is 2.82. The monoisotopic (exact) mass is 334 g/mol. The minimum absolute atomic E-state index is 0.435. The molecule has 2 nitrogen and oxygen atoms in total. The summed E-state index contributed by atoms with van der Waals surface area (Å²) in [5.41, 5.74) is 4.23. The van der Waals surface area contributed by atoms with Crippen LogP contribution in [0.4, 0.5) is 5.69 Å². The summed E-state index contributed by atoms with van der Waals surface area (Å²) in [6.07, 6.45) is 5.90. The third-order valence-corrected chi connectivity index (χ3v) is 6.33. The molecule has 0 spiro atoms. The van der Waals surface area contributed by atoms with Crippen molar-refractivity contribution in [2.75, 3.05) is 4.90 Å². The van der Waals surface area contributed by atoms with Crippen molar-refractivity contribution in [3.05, 3.63) is 65.7 Å². The number of hydrogen-bond acceptors (Lipinski definition) is 2. The Morgan fingerprint density at radius 3 is 2.16 bits per heavy atom. The Bertz CT molecular complexity index is 705. The van der Waals surface area contributed by atoms with Gasteiger partial charge in [0.15, 0.2) is 0 Å². The maximum Gasteiger partial charge on any atom is 0.0804 e. The van der Waals surface area contributed by atoms with Crippen LogP contribution in [0, 0.1) is 6.92 Å². The molecule has 1 aliphatic heterocycles. The van der Waals surface area contributed by atoms with Crippen LogP contribution in [0.25, 0.3) is 0 Å². The van der Waals surface area contributed by atoms with Crippen molar-refractivity contribution in [1.29, 1.82) is 0 Å². The molecule has 1 saturated carbocycles. The van der Waals surface area contributed by atoms with Crippen LogP contribution in [0.5, 0.6) is 0 Å². The Labute approximate surface area is 152 Å². The molecule has 0 amide bonds. The fourth-order valence-electron chi connectivity index (χ4n) is 5.23. The molecule has 3 atom stereocenters. The van der Waals surface area contributed by atoms with Crippen LogP contribution in [-0.2, 0) is 0 Å². The van der Waals surface area contributed by atoms with E-state index < -0.39 is 0 Å². The number of aryl methyl sites for hydroxylation is 1. The van der Waals surface area contributed by atoms with Gasteiger partial charge in [-0.15, -0.1) is 0 Å². The van der Waals surface area contributed by atoms with Gasteiger partial charge in [0.05, 0.1) is 12.2 Å². The summed E-state index contributed by atoms with van der Waals surface area (Å²) in [5.74, 6) is 0. The van der Waals surface area contributed by atoms with Gasteiger partial charge in [-0.05, 0) is 50.8 Å². The first-order chi connectivity index (χ1) is 12.2. The molecule has 1 aliphatic carbocycles. The molecular formula is C23H30N2. The van der Waals surface area contributed by atoms with E-state index in [1.807, 2.05) is 0 Å². The van der Waals surface area contributed by atoms with Gasteiger partial charge in [0.1, 0.15) is 0 Å². The Balaban J connectivity index is 1.77. The molecule has 2 aliphatic rings. The van der Waals surface area contributed by atoms with E-state index in [0.29, 0.717) is 18.2 Å². The average molecular weight is 335 g/mol. The fraction of sp³-hybridized carbons (Fsp3) is 0.478. The Hall–Kier alpha value is -1.80. The SMILES string of the molecule is Cc1ccccc1N1C(C)N(C2CCCC2)C(c2ccccc2)[C@@H]1C. The Kier molecular flexibility index (Phi) is 4.56.